The molecule has 1 aliphatic carbocycles. The maximum atomic E-state index is 11.7. The van der Waals surface area contributed by atoms with Crippen molar-refractivity contribution in [2.45, 2.75) is 64.8 Å². The molecule has 5 heteroatoms. The van der Waals surface area contributed by atoms with Gasteiger partial charge in [0.05, 0.1) is 0 Å². The number of urea groups is 1. The Balaban J connectivity index is 2.18. The molecule has 0 aliphatic heterocycles. The second kappa shape index (κ2) is 8.82. The molecule has 0 spiro atoms. The standard InChI is InChI=1S/C15H28N2O3/c1-11(2)12(7-8-14(18)19)9-10-16-15(20)17-13-5-3-4-6-13/h11-13H,3-10H2,1-2H3,(H,18,19)(H2,16,17,20). The third-order valence-electron chi connectivity index (χ3n) is 4.16. The van der Waals surface area contributed by atoms with Crippen LogP contribution >= 0.6 is 0 Å². The average Bonchev–Trinajstić information content (AvgIpc) is 2.85. The largest absolute Gasteiger partial charge is 0.481 e. The summed E-state index contributed by atoms with van der Waals surface area (Å²) < 4.78 is 0. The Morgan fingerprint density at radius 3 is 2.40 bits per heavy atom. The Bertz CT molecular complexity index is 312. The first-order valence-corrected chi connectivity index (χ1v) is 7.75. The first kappa shape index (κ1) is 16.8. The summed E-state index contributed by atoms with van der Waals surface area (Å²) in [6.07, 6.45) is 6.30. The highest BCUT2D eigenvalue weighted by Crippen LogP contribution is 2.20. The van der Waals surface area contributed by atoms with Crippen molar-refractivity contribution < 1.29 is 14.7 Å². The second-order valence-electron chi connectivity index (χ2n) is 6.11. The molecule has 3 N–H and O–H groups in total. The summed E-state index contributed by atoms with van der Waals surface area (Å²) in [5, 5.41) is 14.6. The van der Waals surface area contributed by atoms with Gasteiger partial charge in [-0.3, -0.25) is 4.79 Å². The fourth-order valence-corrected chi connectivity index (χ4v) is 2.80. The SMILES string of the molecule is CC(C)C(CCNC(=O)NC1CCCC1)CCC(=O)O. The minimum atomic E-state index is -0.748. The van der Waals surface area contributed by atoms with Crippen LogP contribution in [0.5, 0.6) is 0 Å². The Labute approximate surface area is 121 Å². The number of rotatable bonds is 8. The van der Waals surface area contributed by atoms with Gasteiger partial charge in [0, 0.05) is 19.0 Å². The topological polar surface area (TPSA) is 78.4 Å². The first-order valence-electron chi connectivity index (χ1n) is 7.75. The molecule has 0 aromatic heterocycles. The highest BCUT2D eigenvalue weighted by atomic mass is 16.4. The number of hydrogen-bond donors (Lipinski definition) is 3. The number of amides is 2. The molecule has 1 rings (SSSR count). The lowest BCUT2D eigenvalue weighted by molar-refractivity contribution is -0.137. The van der Waals surface area contributed by atoms with Crippen LogP contribution in [0.3, 0.4) is 0 Å². The second-order valence-corrected chi connectivity index (χ2v) is 6.11. The molecule has 0 aromatic rings. The third-order valence-corrected chi connectivity index (χ3v) is 4.16. The molecule has 5 nitrogen and oxygen atoms in total. The van der Waals surface area contributed by atoms with E-state index in [1.54, 1.807) is 0 Å². The third kappa shape index (κ3) is 6.78. The highest BCUT2D eigenvalue weighted by Gasteiger charge is 2.18. The van der Waals surface area contributed by atoms with Crippen LogP contribution in [0.1, 0.15) is 58.8 Å². The van der Waals surface area contributed by atoms with Crippen LogP contribution in [0.25, 0.3) is 0 Å². The average molecular weight is 284 g/mol. The molecule has 1 atom stereocenters. The minimum absolute atomic E-state index is 0.0855. The van der Waals surface area contributed by atoms with Crippen LogP contribution in [-0.4, -0.2) is 29.7 Å². The van der Waals surface area contributed by atoms with Crippen molar-refractivity contribution in [1.82, 2.24) is 10.6 Å². The van der Waals surface area contributed by atoms with Gasteiger partial charge in [-0.2, -0.15) is 0 Å². The van der Waals surface area contributed by atoms with Crippen LogP contribution in [0, 0.1) is 11.8 Å². The normalized spacial score (nSPS) is 17.1. The van der Waals surface area contributed by atoms with Crippen molar-refractivity contribution in [3.05, 3.63) is 0 Å². The van der Waals surface area contributed by atoms with E-state index in [9.17, 15) is 9.59 Å². The number of aliphatic carboxylic acids is 1. The molecule has 0 saturated heterocycles. The quantitative estimate of drug-likeness (QED) is 0.641. The Hall–Kier alpha value is -1.26. The van der Waals surface area contributed by atoms with Gasteiger partial charge in [-0.25, -0.2) is 4.79 Å². The zero-order valence-corrected chi connectivity index (χ0v) is 12.7. The Morgan fingerprint density at radius 2 is 1.85 bits per heavy atom. The van der Waals surface area contributed by atoms with Crippen molar-refractivity contribution in [3.63, 3.8) is 0 Å². The number of nitrogens with one attached hydrogen (secondary N) is 2. The van der Waals surface area contributed by atoms with Gasteiger partial charge in [0.1, 0.15) is 0 Å². The summed E-state index contributed by atoms with van der Waals surface area (Å²) in [6.45, 7) is 4.82. The van der Waals surface area contributed by atoms with E-state index < -0.39 is 5.97 Å². The van der Waals surface area contributed by atoms with Crippen molar-refractivity contribution in [3.8, 4) is 0 Å². The van der Waals surface area contributed by atoms with Crippen LogP contribution in [0.4, 0.5) is 4.79 Å². The van der Waals surface area contributed by atoms with E-state index >= 15 is 0 Å². The zero-order chi connectivity index (χ0) is 15.0. The molecule has 20 heavy (non-hydrogen) atoms. The van der Waals surface area contributed by atoms with E-state index in [1.165, 1.54) is 12.8 Å². The number of carboxylic acid groups (broad SMARTS) is 1. The van der Waals surface area contributed by atoms with E-state index in [1.807, 2.05) is 0 Å². The number of carbonyl (C=O) groups excluding carboxylic acids is 1. The fraction of sp³-hybridized carbons (Fsp3) is 0.867. The molecule has 1 saturated carbocycles. The van der Waals surface area contributed by atoms with Gasteiger partial charge in [0.25, 0.3) is 0 Å². The van der Waals surface area contributed by atoms with Crippen molar-refractivity contribution in [2.24, 2.45) is 11.8 Å². The molecular formula is C15H28N2O3. The van der Waals surface area contributed by atoms with Crippen LogP contribution in [0.15, 0.2) is 0 Å². The van der Waals surface area contributed by atoms with Crippen molar-refractivity contribution in [1.29, 1.82) is 0 Å². The van der Waals surface area contributed by atoms with Crippen molar-refractivity contribution in [2.75, 3.05) is 6.54 Å². The molecular weight excluding hydrogens is 256 g/mol. The van der Waals surface area contributed by atoms with Gasteiger partial charge in [-0.1, -0.05) is 26.7 Å². The van der Waals surface area contributed by atoms with Gasteiger partial charge in [-0.05, 0) is 37.5 Å². The van der Waals surface area contributed by atoms with E-state index in [0.717, 1.165) is 19.3 Å². The van der Waals surface area contributed by atoms with Gasteiger partial charge in [-0.15, -0.1) is 0 Å². The summed E-state index contributed by atoms with van der Waals surface area (Å²) in [6, 6.07) is 0.251. The lowest BCUT2D eigenvalue weighted by Gasteiger charge is -2.20. The fourth-order valence-electron chi connectivity index (χ4n) is 2.80. The number of hydrogen-bond acceptors (Lipinski definition) is 2. The number of carbonyl (C=O) groups is 2. The van der Waals surface area contributed by atoms with E-state index in [-0.39, 0.29) is 12.5 Å². The summed E-state index contributed by atoms with van der Waals surface area (Å²) in [5.41, 5.74) is 0. The summed E-state index contributed by atoms with van der Waals surface area (Å²) >= 11 is 0. The smallest absolute Gasteiger partial charge is 0.315 e. The van der Waals surface area contributed by atoms with Crippen LogP contribution < -0.4 is 10.6 Å². The lowest BCUT2D eigenvalue weighted by Crippen LogP contribution is -2.41. The maximum Gasteiger partial charge on any atom is 0.315 e. The van der Waals surface area contributed by atoms with Crippen LogP contribution in [-0.2, 0) is 4.79 Å². The summed E-state index contributed by atoms with van der Waals surface area (Å²) in [7, 11) is 0. The zero-order valence-electron chi connectivity index (χ0n) is 12.7. The van der Waals surface area contributed by atoms with E-state index in [2.05, 4.69) is 24.5 Å². The van der Waals surface area contributed by atoms with Gasteiger partial charge >= 0.3 is 12.0 Å². The molecule has 0 bridgehead atoms. The summed E-state index contributed by atoms with van der Waals surface area (Å²) in [4.78, 5) is 22.3. The molecule has 0 aromatic carbocycles. The van der Waals surface area contributed by atoms with Gasteiger partial charge < -0.3 is 15.7 Å². The Morgan fingerprint density at radius 1 is 1.20 bits per heavy atom. The monoisotopic (exact) mass is 284 g/mol. The predicted octanol–water partition coefficient (Wildman–Crippen LogP) is 2.76. The Kier molecular flexibility index (Phi) is 7.41. The highest BCUT2D eigenvalue weighted by molar-refractivity contribution is 5.74. The molecule has 0 heterocycles. The summed E-state index contributed by atoms with van der Waals surface area (Å²) in [5.74, 6) is 0.0366. The van der Waals surface area contributed by atoms with Gasteiger partial charge in [0.2, 0.25) is 0 Å². The first-order chi connectivity index (χ1) is 9.49. The van der Waals surface area contributed by atoms with Crippen molar-refractivity contribution >= 4 is 12.0 Å². The minimum Gasteiger partial charge on any atom is -0.481 e. The van der Waals surface area contributed by atoms with E-state index in [0.29, 0.717) is 30.8 Å². The van der Waals surface area contributed by atoms with Crippen LogP contribution in [0.2, 0.25) is 0 Å². The molecule has 1 aliphatic rings. The number of carboxylic acids is 1. The predicted molar refractivity (Wildman–Crippen MR) is 78.6 cm³/mol. The molecule has 0 radical (unpaired) electrons. The molecule has 2 amide bonds. The van der Waals surface area contributed by atoms with Gasteiger partial charge in [0.15, 0.2) is 0 Å². The van der Waals surface area contributed by atoms with E-state index in [4.69, 9.17) is 5.11 Å². The molecule has 116 valence electrons. The molecule has 1 unspecified atom stereocenters. The maximum absolute atomic E-state index is 11.7. The molecule has 1 fully saturated rings. The lowest BCUT2D eigenvalue weighted by atomic mass is 9.88.